The maximum Gasteiger partial charge on any atom is 0.129 e. The molecule has 110 valence electrons. The fraction of sp³-hybridized carbons (Fsp3) is 0.176. The van der Waals surface area contributed by atoms with Gasteiger partial charge in [-0.2, -0.15) is 0 Å². The molecule has 0 radical (unpaired) electrons. The quantitative estimate of drug-likeness (QED) is 0.755. The van der Waals surface area contributed by atoms with Gasteiger partial charge in [-0.25, -0.2) is 0 Å². The van der Waals surface area contributed by atoms with Gasteiger partial charge in [0.25, 0.3) is 0 Å². The number of aromatic nitrogens is 1. The molecule has 0 aliphatic carbocycles. The van der Waals surface area contributed by atoms with Gasteiger partial charge in [-0.3, -0.25) is 0 Å². The second kappa shape index (κ2) is 7.16. The number of halogens is 1. The van der Waals surface area contributed by atoms with Crippen LogP contribution in [0.25, 0.3) is 10.9 Å². The number of hydrogen-bond donors (Lipinski definition) is 2. The van der Waals surface area contributed by atoms with Crippen molar-refractivity contribution in [3.05, 3.63) is 65.9 Å². The third kappa shape index (κ3) is 3.38. The average Bonchev–Trinajstić information content (AvgIpc) is 2.91. The lowest BCUT2D eigenvalue weighted by atomic mass is 10.1. The lowest BCUT2D eigenvalue weighted by Crippen LogP contribution is -2.02. The van der Waals surface area contributed by atoms with Crippen LogP contribution in [0.5, 0.6) is 5.75 Å². The number of benzene rings is 2. The summed E-state index contributed by atoms with van der Waals surface area (Å²) in [5.74, 6) is 0.913. The molecule has 0 atom stereocenters. The van der Waals surface area contributed by atoms with E-state index in [0.29, 0.717) is 13.2 Å². The molecule has 0 aliphatic heterocycles. The number of H-pyrrole nitrogens is 1. The second-order valence-electron chi connectivity index (χ2n) is 4.81. The van der Waals surface area contributed by atoms with Gasteiger partial charge in [-0.05, 0) is 36.2 Å². The highest BCUT2D eigenvalue weighted by Gasteiger charge is 2.09. The minimum Gasteiger partial charge on any atom is -0.488 e. The van der Waals surface area contributed by atoms with Crippen molar-refractivity contribution >= 4 is 23.3 Å². The molecule has 21 heavy (non-hydrogen) atoms. The van der Waals surface area contributed by atoms with E-state index in [2.05, 4.69) is 23.2 Å². The van der Waals surface area contributed by atoms with Gasteiger partial charge in [0.1, 0.15) is 12.4 Å². The number of fused-ring (bicyclic) bond motifs is 1. The van der Waals surface area contributed by atoms with Crippen LogP contribution in [-0.4, -0.2) is 11.5 Å². The molecule has 0 saturated carbocycles. The minimum atomic E-state index is 0. The number of nitrogens with two attached hydrogens (primary N) is 1. The van der Waals surface area contributed by atoms with Gasteiger partial charge in [0.15, 0.2) is 0 Å². The summed E-state index contributed by atoms with van der Waals surface area (Å²) in [5.41, 5.74) is 9.15. The lowest BCUT2D eigenvalue weighted by Gasteiger charge is -2.09. The van der Waals surface area contributed by atoms with Crippen molar-refractivity contribution in [3.8, 4) is 5.75 Å². The zero-order chi connectivity index (χ0) is 13.8. The molecule has 0 saturated heterocycles. The number of rotatable bonds is 5. The Bertz CT molecular complexity index is 694. The molecular formula is C17H19ClN2O. The Morgan fingerprint density at radius 1 is 1.00 bits per heavy atom. The molecule has 3 aromatic rings. The highest BCUT2D eigenvalue weighted by molar-refractivity contribution is 5.89. The smallest absolute Gasteiger partial charge is 0.129 e. The molecule has 2 aromatic carbocycles. The normalized spacial score (nSPS) is 10.3. The van der Waals surface area contributed by atoms with Gasteiger partial charge in [0.05, 0.1) is 0 Å². The van der Waals surface area contributed by atoms with E-state index >= 15 is 0 Å². The molecule has 4 heteroatoms. The Labute approximate surface area is 130 Å². The summed E-state index contributed by atoms with van der Waals surface area (Å²) < 4.78 is 5.99. The van der Waals surface area contributed by atoms with Crippen molar-refractivity contribution in [2.45, 2.75) is 13.0 Å². The van der Waals surface area contributed by atoms with Crippen molar-refractivity contribution in [1.29, 1.82) is 0 Å². The summed E-state index contributed by atoms with van der Waals surface area (Å²) in [6.45, 7) is 1.22. The minimum absolute atomic E-state index is 0. The van der Waals surface area contributed by atoms with Crippen LogP contribution in [0.4, 0.5) is 0 Å². The van der Waals surface area contributed by atoms with Gasteiger partial charge in [0, 0.05) is 17.1 Å². The zero-order valence-corrected chi connectivity index (χ0v) is 12.5. The molecule has 0 amide bonds. The molecule has 1 aromatic heterocycles. The molecular weight excluding hydrogens is 284 g/mol. The van der Waals surface area contributed by atoms with Crippen LogP contribution in [0, 0.1) is 0 Å². The van der Waals surface area contributed by atoms with Gasteiger partial charge in [-0.15, -0.1) is 12.4 Å². The number of ether oxygens (including phenoxy) is 1. The van der Waals surface area contributed by atoms with E-state index in [1.54, 1.807) is 0 Å². The SMILES string of the molecule is Cl.NCCc1c[nH]c2cccc(OCc3ccccc3)c12. The van der Waals surface area contributed by atoms with Crippen molar-refractivity contribution in [1.82, 2.24) is 4.98 Å². The first-order valence-corrected chi connectivity index (χ1v) is 6.84. The van der Waals surface area contributed by atoms with E-state index in [-0.39, 0.29) is 12.4 Å². The fourth-order valence-electron chi connectivity index (χ4n) is 2.43. The van der Waals surface area contributed by atoms with E-state index in [4.69, 9.17) is 10.5 Å². The maximum atomic E-state index is 5.99. The number of hydrogen-bond acceptors (Lipinski definition) is 2. The predicted molar refractivity (Wildman–Crippen MR) is 89.1 cm³/mol. The number of aromatic amines is 1. The van der Waals surface area contributed by atoms with Gasteiger partial charge in [-0.1, -0.05) is 36.4 Å². The molecule has 1 heterocycles. The average molecular weight is 303 g/mol. The van der Waals surface area contributed by atoms with Crippen molar-refractivity contribution in [2.24, 2.45) is 5.73 Å². The first-order valence-electron chi connectivity index (χ1n) is 6.84. The first kappa shape index (κ1) is 15.4. The molecule has 0 fully saturated rings. The molecule has 3 rings (SSSR count). The van der Waals surface area contributed by atoms with Crippen LogP contribution < -0.4 is 10.5 Å². The van der Waals surface area contributed by atoms with Crippen molar-refractivity contribution in [3.63, 3.8) is 0 Å². The van der Waals surface area contributed by atoms with E-state index in [1.165, 1.54) is 11.1 Å². The van der Waals surface area contributed by atoms with Crippen LogP contribution in [0.3, 0.4) is 0 Å². The summed E-state index contributed by atoms with van der Waals surface area (Å²) in [4.78, 5) is 3.28. The van der Waals surface area contributed by atoms with Crippen LogP contribution in [0.15, 0.2) is 54.7 Å². The second-order valence-corrected chi connectivity index (χ2v) is 4.81. The topological polar surface area (TPSA) is 51.0 Å². The predicted octanol–water partition coefficient (Wildman–Crippen LogP) is 3.67. The van der Waals surface area contributed by atoms with E-state index in [1.807, 2.05) is 36.5 Å². The fourth-order valence-corrected chi connectivity index (χ4v) is 2.43. The van der Waals surface area contributed by atoms with Crippen LogP contribution in [-0.2, 0) is 13.0 Å². The third-order valence-corrected chi connectivity index (χ3v) is 3.40. The third-order valence-electron chi connectivity index (χ3n) is 3.40. The number of nitrogens with one attached hydrogen (secondary N) is 1. The lowest BCUT2D eigenvalue weighted by molar-refractivity contribution is 0.310. The highest BCUT2D eigenvalue weighted by atomic mass is 35.5. The van der Waals surface area contributed by atoms with Gasteiger partial charge < -0.3 is 15.5 Å². The van der Waals surface area contributed by atoms with Crippen molar-refractivity contribution in [2.75, 3.05) is 6.54 Å². The maximum absolute atomic E-state index is 5.99. The Morgan fingerprint density at radius 2 is 1.81 bits per heavy atom. The molecule has 0 aliphatic rings. The Hall–Kier alpha value is -1.97. The van der Waals surface area contributed by atoms with Gasteiger partial charge in [0.2, 0.25) is 0 Å². The highest BCUT2D eigenvalue weighted by Crippen LogP contribution is 2.29. The largest absolute Gasteiger partial charge is 0.488 e. The van der Waals surface area contributed by atoms with Crippen LogP contribution in [0.2, 0.25) is 0 Å². The summed E-state index contributed by atoms with van der Waals surface area (Å²) in [6.07, 6.45) is 2.87. The Balaban J connectivity index is 0.00000161. The van der Waals surface area contributed by atoms with Crippen molar-refractivity contribution < 1.29 is 4.74 Å². The standard InChI is InChI=1S/C17H18N2O.ClH/c18-10-9-14-11-19-15-7-4-8-16(17(14)15)20-12-13-5-2-1-3-6-13;/h1-8,11,19H,9-10,12,18H2;1H. The van der Waals surface area contributed by atoms with Crippen LogP contribution >= 0.6 is 12.4 Å². The molecule has 0 bridgehead atoms. The first-order chi connectivity index (χ1) is 9.88. The monoisotopic (exact) mass is 302 g/mol. The van der Waals surface area contributed by atoms with E-state index in [9.17, 15) is 0 Å². The molecule has 3 nitrogen and oxygen atoms in total. The van der Waals surface area contributed by atoms with E-state index in [0.717, 1.165) is 23.1 Å². The zero-order valence-electron chi connectivity index (χ0n) is 11.7. The van der Waals surface area contributed by atoms with Gasteiger partial charge >= 0.3 is 0 Å². The van der Waals surface area contributed by atoms with E-state index < -0.39 is 0 Å². The Morgan fingerprint density at radius 3 is 2.57 bits per heavy atom. The van der Waals surface area contributed by atoms with Crippen LogP contribution in [0.1, 0.15) is 11.1 Å². The summed E-state index contributed by atoms with van der Waals surface area (Å²) in [5, 5.41) is 1.15. The summed E-state index contributed by atoms with van der Waals surface area (Å²) >= 11 is 0. The molecule has 0 spiro atoms. The Kier molecular flexibility index (Phi) is 5.26. The summed E-state index contributed by atoms with van der Waals surface area (Å²) in [7, 11) is 0. The summed E-state index contributed by atoms with van der Waals surface area (Å²) in [6, 6.07) is 16.3. The molecule has 0 unspecified atom stereocenters. The molecule has 3 N–H and O–H groups in total.